The molecule has 2 amide bonds. The first-order chi connectivity index (χ1) is 22.2. The number of nitrogens with one attached hydrogen (secondary N) is 1. The minimum Gasteiger partial charge on any atom is -0.444 e. The highest BCUT2D eigenvalue weighted by atomic mass is 19.3. The smallest absolute Gasteiger partial charge is 0.407 e. The quantitative estimate of drug-likeness (QED) is 0.288. The lowest BCUT2D eigenvalue weighted by atomic mass is 9.90. The number of carbonyl (C=O) groups excluding carboxylic acids is 2. The zero-order valence-electron chi connectivity index (χ0n) is 28.1. The van der Waals surface area contributed by atoms with Crippen molar-refractivity contribution in [3.63, 3.8) is 0 Å². The number of alkyl halides is 2. The monoisotopic (exact) mass is 657 g/mol. The third-order valence-electron chi connectivity index (χ3n) is 8.91. The second kappa shape index (κ2) is 14.2. The summed E-state index contributed by atoms with van der Waals surface area (Å²) >= 11 is 0. The van der Waals surface area contributed by atoms with Crippen LogP contribution in [-0.2, 0) is 16.5 Å². The maximum absolute atomic E-state index is 14.6. The fraction of sp³-hybridized carbons (Fsp3) is 0.571. The number of aryl methyl sites for hydroxylation is 1. The van der Waals surface area contributed by atoms with Gasteiger partial charge in [-0.1, -0.05) is 6.07 Å². The number of benzene rings is 2. The van der Waals surface area contributed by atoms with Gasteiger partial charge in [-0.25, -0.2) is 18.0 Å². The van der Waals surface area contributed by atoms with Crippen LogP contribution < -0.4 is 5.32 Å². The Morgan fingerprint density at radius 3 is 2.55 bits per heavy atom. The van der Waals surface area contributed by atoms with Crippen molar-refractivity contribution in [2.75, 3.05) is 32.8 Å². The van der Waals surface area contributed by atoms with Gasteiger partial charge in [0, 0.05) is 31.6 Å². The molecule has 3 aromatic rings. The average Bonchev–Trinajstić information content (AvgIpc) is 3.61. The van der Waals surface area contributed by atoms with E-state index in [0.29, 0.717) is 17.7 Å². The van der Waals surface area contributed by atoms with Crippen molar-refractivity contribution in [1.82, 2.24) is 24.9 Å². The number of alkyl carbamates (subject to hydrolysis) is 1. The van der Waals surface area contributed by atoms with Gasteiger partial charge in [-0.3, -0.25) is 9.48 Å². The molecule has 0 bridgehead atoms. The van der Waals surface area contributed by atoms with E-state index in [-0.39, 0.29) is 23.6 Å². The van der Waals surface area contributed by atoms with Crippen molar-refractivity contribution in [2.24, 2.45) is 7.05 Å². The number of halogens is 3. The average molecular weight is 658 g/mol. The summed E-state index contributed by atoms with van der Waals surface area (Å²) in [6, 6.07) is 7.57. The summed E-state index contributed by atoms with van der Waals surface area (Å²) < 4.78 is 54.7. The largest absolute Gasteiger partial charge is 0.444 e. The van der Waals surface area contributed by atoms with Crippen LogP contribution in [0.5, 0.6) is 0 Å². The van der Waals surface area contributed by atoms with Crippen LogP contribution in [0.4, 0.5) is 18.0 Å². The van der Waals surface area contributed by atoms with E-state index in [4.69, 9.17) is 9.47 Å². The molecule has 1 N–H and O–H groups in total. The molecule has 47 heavy (non-hydrogen) atoms. The van der Waals surface area contributed by atoms with Crippen LogP contribution in [0.3, 0.4) is 0 Å². The summed E-state index contributed by atoms with van der Waals surface area (Å²) in [6.07, 6.45) is 1.19. The summed E-state index contributed by atoms with van der Waals surface area (Å²) in [5, 5.41) is 8.16. The van der Waals surface area contributed by atoms with Crippen LogP contribution in [0.15, 0.2) is 36.5 Å². The summed E-state index contributed by atoms with van der Waals surface area (Å²) in [4.78, 5) is 29.3. The Balaban J connectivity index is 1.33. The third kappa shape index (κ3) is 8.45. The van der Waals surface area contributed by atoms with E-state index in [1.165, 1.54) is 6.07 Å². The Hall–Kier alpha value is -3.64. The number of nitrogens with zero attached hydrogens (tertiary/aromatic N) is 4. The molecule has 2 fully saturated rings. The first kappa shape index (κ1) is 34.7. The zero-order valence-corrected chi connectivity index (χ0v) is 28.1. The van der Waals surface area contributed by atoms with Crippen molar-refractivity contribution in [1.29, 1.82) is 0 Å². The maximum atomic E-state index is 14.6. The second-order valence-corrected chi connectivity index (χ2v) is 14.0. The molecule has 256 valence electrons. The van der Waals surface area contributed by atoms with E-state index in [9.17, 15) is 22.8 Å². The maximum Gasteiger partial charge on any atom is 0.407 e. The van der Waals surface area contributed by atoms with E-state index in [1.54, 1.807) is 30.8 Å². The predicted octanol–water partition coefficient (Wildman–Crippen LogP) is 6.36. The minimum atomic E-state index is -2.72. The van der Waals surface area contributed by atoms with Crippen LogP contribution in [0.25, 0.3) is 22.0 Å². The van der Waals surface area contributed by atoms with Gasteiger partial charge in [-0.15, -0.1) is 0 Å². The van der Waals surface area contributed by atoms with Crippen LogP contribution in [0, 0.1) is 5.82 Å². The molecule has 2 saturated heterocycles. The van der Waals surface area contributed by atoms with E-state index in [0.717, 1.165) is 66.3 Å². The predicted molar refractivity (Wildman–Crippen MR) is 174 cm³/mol. The Morgan fingerprint density at radius 2 is 1.89 bits per heavy atom. The minimum absolute atomic E-state index is 0.0450. The van der Waals surface area contributed by atoms with Crippen LogP contribution in [-0.4, -0.2) is 94.6 Å². The van der Waals surface area contributed by atoms with Gasteiger partial charge in [-0.05, 0) is 107 Å². The van der Waals surface area contributed by atoms with Gasteiger partial charge < -0.3 is 24.6 Å². The number of ether oxygens (including phenoxy) is 2. The van der Waals surface area contributed by atoms with Crippen molar-refractivity contribution in [3.05, 3.63) is 53.5 Å². The Morgan fingerprint density at radius 1 is 1.13 bits per heavy atom. The molecule has 0 aliphatic carbocycles. The van der Waals surface area contributed by atoms with E-state index >= 15 is 0 Å². The molecule has 0 saturated carbocycles. The molecular weight excluding hydrogens is 611 g/mol. The highest BCUT2D eigenvalue weighted by molar-refractivity contribution is 6.05. The van der Waals surface area contributed by atoms with Gasteiger partial charge in [0.25, 0.3) is 12.3 Å². The van der Waals surface area contributed by atoms with Gasteiger partial charge in [0.05, 0.1) is 42.6 Å². The fourth-order valence-corrected chi connectivity index (χ4v) is 6.58. The number of hydrogen-bond acceptors (Lipinski definition) is 6. The second-order valence-electron chi connectivity index (χ2n) is 14.0. The van der Waals surface area contributed by atoms with Gasteiger partial charge in [0.1, 0.15) is 11.4 Å². The summed E-state index contributed by atoms with van der Waals surface area (Å²) in [5.41, 5.74) is 2.62. The van der Waals surface area contributed by atoms with Gasteiger partial charge in [-0.2, -0.15) is 5.10 Å². The van der Waals surface area contributed by atoms with Crippen molar-refractivity contribution in [2.45, 2.75) is 90.0 Å². The lowest BCUT2D eigenvalue weighted by Gasteiger charge is -2.32. The first-order valence-corrected chi connectivity index (χ1v) is 16.4. The first-order valence-electron chi connectivity index (χ1n) is 16.4. The summed E-state index contributed by atoms with van der Waals surface area (Å²) in [6.45, 7) is 11.0. The zero-order chi connectivity index (χ0) is 34.0. The molecular formula is C35H46F3N5O4. The molecule has 2 aliphatic rings. The Bertz CT molecular complexity index is 1580. The van der Waals surface area contributed by atoms with E-state index < -0.39 is 42.4 Å². The number of aromatic nitrogens is 2. The van der Waals surface area contributed by atoms with Crippen molar-refractivity contribution < 1.29 is 32.2 Å². The molecule has 0 spiro atoms. The number of rotatable bonds is 9. The molecule has 3 heterocycles. The highest BCUT2D eigenvalue weighted by Gasteiger charge is 2.31. The Labute approximate surface area is 274 Å². The fourth-order valence-electron chi connectivity index (χ4n) is 6.58. The molecule has 5 rings (SSSR count). The summed E-state index contributed by atoms with van der Waals surface area (Å²) in [7, 11) is 1.85. The van der Waals surface area contributed by atoms with Gasteiger partial charge in [0.2, 0.25) is 0 Å². The molecule has 3 atom stereocenters. The van der Waals surface area contributed by atoms with E-state index in [1.807, 2.05) is 33.9 Å². The molecule has 12 heteroatoms. The van der Waals surface area contributed by atoms with Gasteiger partial charge >= 0.3 is 6.09 Å². The van der Waals surface area contributed by atoms with Crippen LogP contribution in [0.1, 0.15) is 75.7 Å². The molecule has 9 nitrogen and oxygen atoms in total. The SMILES string of the molecule is CC(C)N(CC(F)F)C(=O)c1cc(F)ccc1-c1cc([C@@H]2CCN(C[C@@H]3CC[C@@H](NC(=O)OC(C)(C)C)CO3)C2)cc2c1cnn2C. The van der Waals surface area contributed by atoms with Crippen LogP contribution in [0.2, 0.25) is 0 Å². The molecule has 0 radical (unpaired) electrons. The topological polar surface area (TPSA) is 88.9 Å². The lowest BCUT2D eigenvalue weighted by Crippen LogP contribution is -2.46. The van der Waals surface area contributed by atoms with Crippen molar-refractivity contribution in [3.8, 4) is 11.1 Å². The highest BCUT2D eigenvalue weighted by Crippen LogP contribution is 2.38. The molecule has 2 aromatic carbocycles. The van der Waals surface area contributed by atoms with Gasteiger partial charge in [0.15, 0.2) is 0 Å². The standard InChI is InChI=1S/C35H46F3N5O4/c1-21(2)43(19-32(37)38)33(44)29-15-24(36)7-10-27(29)28-13-23(14-31-30(28)16-39-41(31)6)22-11-12-42(17-22)18-26-9-8-25(20-46-26)40-34(45)47-35(3,4)5/h7,10,13-16,21-22,25-26,32H,8-9,11-12,17-20H2,1-6H3,(H,40,45)/t22-,25-,26+/m1/s1. The lowest BCUT2D eigenvalue weighted by molar-refractivity contribution is -0.0213. The normalized spacial score (nSPS) is 20.7. The van der Waals surface area contributed by atoms with Crippen molar-refractivity contribution >= 4 is 22.9 Å². The summed E-state index contributed by atoms with van der Waals surface area (Å²) in [5.74, 6) is -1.05. The third-order valence-corrected chi connectivity index (χ3v) is 8.91. The number of carbonyl (C=O) groups is 2. The molecule has 0 unspecified atom stereocenters. The number of hydrogen-bond donors (Lipinski definition) is 1. The Kier molecular flexibility index (Phi) is 10.5. The van der Waals surface area contributed by atoms with E-state index in [2.05, 4.69) is 21.4 Å². The number of likely N-dealkylation sites (tertiary alicyclic amines) is 1. The molecule has 2 aliphatic heterocycles. The number of amides is 2. The number of fused-ring (bicyclic) bond motifs is 1. The molecule has 1 aromatic heterocycles. The van der Waals surface area contributed by atoms with Crippen LogP contribution >= 0.6 is 0 Å².